The van der Waals surface area contributed by atoms with Gasteiger partial charge in [0.2, 0.25) is 0 Å². The Labute approximate surface area is 321 Å². The van der Waals surface area contributed by atoms with Crippen molar-refractivity contribution in [2.45, 2.75) is 0 Å². The maximum Gasteiger partial charge on any atom is 0.0467 e. The first kappa shape index (κ1) is 31.1. The maximum absolute atomic E-state index is 2.40. The Kier molecular flexibility index (Phi) is 7.25. The second-order valence-electron chi connectivity index (χ2n) is 13.8. The summed E-state index contributed by atoms with van der Waals surface area (Å²) in [4.78, 5) is 2.32. The average molecular weight is 725 g/mol. The first-order valence-electron chi connectivity index (χ1n) is 18.2. The van der Waals surface area contributed by atoms with E-state index >= 15 is 0 Å². The maximum atomic E-state index is 2.40. The van der Waals surface area contributed by atoms with Gasteiger partial charge in [0.15, 0.2) is 0 Å². The van der Waals surface area contributed by atoms with Crippen molar-refractivity contribution in [3.05, 3.63) is 194 Å². The molecule has 4 aromatic heterocycles. The first-order valence-corrected chi connectivity index (χ1v) is 19.9. The molecule has 2 nitrogen and oxygen atoms in total. The Morgan fingerprint density at radius 3 is 1.72 bits per heavy atom. The third-order valence-corrected chi connectivity index (χ3v) is 12.9. The van der Waals surface area contributed by atoms with E-state index in [1.54, 1.807) is 0 Å². The van der Waals surface area contributed by atoms with Gasteiger partial charge in [-0.1, -0.05) is 97.1 Å². The number of anilines is 3. The van der Waals surface area contributed by atoms with E-state index < -0.39 is 0 Å². The number of aromatic nitrogens is 1. The van der Waals surface area contributed by atoms with Gasteiger partial charge >= 0.3 is 0 Å². The summed E-state index contributed by atoms with van der Waals surface area (Å²) in [6.07, 6.45) is 4.36. The summed E-state index contributed by atoms with van der Waals surface area (Å²) in [5.74, 6) is 0. The molecule has 0 N–H and O–H groups in total. The molecule has 0 radical (unpaired) electrons. The van der Waals surface area contributed by atoms with E-state index in [1.165, 1.54) is 79.2 Å². The van der Waals surface area contributed by atoms with Gasteiger partial charge < -0.3 is 9.30 Å². The minimum absolute atomic E-state index is 1.13. The number of nitrogens with zero attached hydrogens (tertiary/aromatic N) is 2. The molecule has 4 heteroatoms. The summed E-state index contributed by atoms with van der Waals surface area (Å²) in [6, 6.07) is 66.4. The van der Waals surface area contributed by atoms with Crippen LogP contribution in [0.5, 0.6) is 0 Å². The molecule has 54 heavy (non-hydrogen) atoms. The third-order valence-electron chi connectivity index (χ3n) is 10.6. The summed E-state index contributed by atoms with van der Waals surface area (Å²) in [5.41, 5.74) is 12.1. The summed E-state index contributed by atoms with van der Waals surface area (Å²) in [5, 5.41) is 5.24. The van der Waals surface area contributed by atoms with E-state index in [0.717, 1.165) is 17.1 Å². The molecular weight excluding hydrogens is 693 g/mol. The lowest BCUT2D eigenvalue weighted by atomic mass is 9.99. The molecule has 0 spiro atoms. The largest absolute Gasteiger partial charge is 0.323 e. The molecular formula is C50H32N2S2. The minimum atomic E-state index is 1.13. The number of pyridine rings is 1. The van der Waals surface area contributed by atoms with E-state index in [2.05, 4.69) is 204 Å². The van der Waals surface area contributed by atoms with Crippen LogP contribution < -0.4 is 4.90 Å². The highest BCUT2D eigenvalue weighted by Gasteiger charge is 2.16. The zero-order chi connectivity index (χ0) is 35.6. The zero-order valence-electron chi connectivity index (χ0n) is 29.2. The van der Waals surface area contributed by atoms with Gasteiger partial charge in [-0.2, -0.15) is 0 Å². The quantitative estimate of drug-likeness (QED) is 0.166. The Balaban J connectivity index is 0.980. The fourth-order valence-electron chi connectivity index (χ4n) is 7.97. The molecule has 0 saturated carbocycles. The molecule has 11 aromatic rings. The van der Waals surface area contributed by atoms with Crippen LogP contribution in [0.25, 0.3) is 79.2 Å². The first-order chi connectivity index (χ1) is 26.7. The molecule has 7 aromatic carbocycles. The smallest absolute Gasteiger partial charge is 0.0467 e. The summed E-state index contributed by atoms with van der Waals surface area (Å²) in [7, 11) is 0. The van der Waals surface area contributed by atoms with Crippen LogP contribution in [0, 0.1) is 0 Å². The highest BCUT2D eigenvalue weighted by atomic mass is 32.1. The van der Waals surface area contributed by atoms with Crippen LogP contribution in [0.3, 0.4) is 0 Å². The fourth-order valence-corrected chi connectivity index (χ4v) is 10.3. The lowest BCUT2D eigenvalue weighted by Crippen LogP contribution is -2.09. The van der Waals surface area contributed by atoms with Gasteiger partial charge in [0, 0.05) is 86.4 Å². The molecule has 0 bridgehead atoms. The van der Waals surface area contributed by atoms with Crippen LogP contribution in [0.2, 0.25) is 0 Å². The molecule has 0 aliphatic rings. The molecule has 0 aliphatic carbocycles. The van der Waals surface area contributed by atoms with Gasteiger partial charge in [0.05, 0.1) is 0 Å². The van der Waals surface area contributed by atoms with Crippen LogP contribution in [0.4, 0.5) is 17.1 Å². The van der Waals surface area contributed by atoms with Crippen molar-refractivity contribution in [3.63, 3.8) is 0 Å². The number of hydrogen-bond donors (Lipinski definition) is 0. The second-order valence-corrected chi connectivity index (χ2v) is 16.0. The van der Waals surface area contributed by atoms with E-state index in [1.807, 2.05) is 22.7 Å². The average Bonchev–Trinajstić information content (AvgIpc) is 3.94. The van der Waals surface area contributed by atoms with Crippen LogP contribution in [0.1, 0.15) is 0 Å². The zero-order valence-corrected chi connectivity index (χ0v) is 30.8. The lowest BCUT2D eigenvalue weighted by Gasteiger charge is -2.25. The van der Waals surface area contributed by atoms with Crippen molar-refractivity contribution in [2.24, 2.45) is 0 Å². The predicted molar refractivity (Wildman–Crippen MR) is 234 cm³/mol. The number of para-hydroxylation sites is 2. The van der Waals surface area contributed by atoms with Crippen LogP contribution >= 0.6 is 22.7 Å². The number of rotatable bonds is 6. The molecule has 0 unspecified atom stereocenters. The van der Waals surface area contributed by atoms with Crippen molar-refractivity contribution >= 4 is 85.6 Å². The minimum Gasteiger partial charge on any atom is -0.323 e. The highest BCUT2D eigenvalue weighted by Crippen LogP contribution is 2.44. The van der Waals surface area contributed by atoms with Gasteiger partial charge in [-0.15, -0.1) is 22.7 Å². The predicted octanol–water partition coefficient (Wildman–Crippen LogP) is 15.1. The van der Waals surface area contributed by atoms with Gasteiger partial charge in [-0.3, -0.25) is 0 Å². The summed E-state index contributed by atoms with van der Waals surface area (Å²) >= 11 is 3.77. The van der Waals surface area contributed by atoms with E-state index in [4.69, 9.17) is 0 Å². The Morgan fingerprint density at radius 2 is 1.00 bits per heavy atom. The SMILES string of the molecule is c1ccc(N(c2ccccc2)c2cccc(-c3ccc4sc5ccc(-c6ccc7c(c6)sc6c(-c8cc9ccccn9c8)cccc67)cc5c4c3)c2)cc1. The van der Waals surface area contributed by atoms with Gasteiger partial charge in [0.1, 0.15) is 0 Å². The molecule has 0 atom stereocenters. The van der Waals surface area contributed by atoms with Crippen molar-refractivity contribution in [1.82, 2.24) is 4.40 Å². The normalized spacial score (nSPS) is 11.7. The van der Waals surface area contributed by atoms with Crippen molar-refractivity contribution in [3.8, 4) is 33.4 Å². The molecule has 0 fully saturated rings. The van der Waals surface area contributed by atoms with Crippen LogP contribution in [0.15, 0.2) is 194 Å². The number of benzene rings is 7. The van der Waals surface area contributed by atoms with Crippen LogP contribution in [-0.4, -0.2) is 4.40 Å². The summed E-state index contributed by atoms with van der Waals surface area (Å²) in [6.45, 7) is 0. The molecule has 0 saturated heterocycles. The monoisotopic (exact) mass is 724 g/mol. The Hall–Kier alpha value is -6.46. The Bertz CT molecular complexity index is 3100. The standard InChI is InChI=1S/C50H32N2S2/c1-3-12-38(13-4-1)52(39-14-5-2-6-15-39)41-17-9-11-33(27-41)34-21-24-47-45(29-34)46-30-35(22-25-48(46)53-47)36-20-23-43-44-19-10-18-42(50(44)54-49(43)31-36)37-28-40-16-7-8-26-51(40)32-37/h1-32H. The number of thiophene rings is 2. The molecule has 4 heterocycles. The van der Waals surface area contributed by atoms with Gasteiger partial charge in [-0.25, -0.2) is 0 Å². The number of hydrogen-bond acceptors (Lipinski definition) is 3. The van der Waals surface area contributed by atoms with E-state index in [0.29, 0.717) is 0 Å². The Morgan fingerprint density at radius 1 is 0.370 bits per heavy atom. The van der Waals surface area contributed by atoms with E-state index in [9.17, 15) is 0 Å². The molecule has 11 rings (SSSR count). The topological polar surface area (TPSA) is 7.65 Å². The van der Waals surface area contributed by atoms with Gasteiger partial charge in [0.25, 0.3) is 0 Å². The molecule has 0 aliphatic heterocycles. The molecule has 0 amide bonds. The third kappa shape index (κ3) is 5.22. The fraction of sp³-hybridized carbons (Fsp3) is 0. The van der Waals surface area contributed by atoms with Crippen molar-refractivity contribution in [2.75, 3.05) is 4.90 Å². The van der Waals surface area contributed by atoms with Crippen molar-refractivity contribution in [1.29, 1.82) is 0 Å². The van der Waals surface area contributed by atoms with Crippen molar-refractivity contribution < 1.29 is 0 Å². The molecule has 254 valence electrons. The van der Waals surface area contributed by atoms with E-state index in [-0.39, 0.29) is 0 Å². The van der Waals surface area contributed by atoms with Crippen LogP contribution in [-0.2, 0) is 0 Å². The lowest BCUT2D eigenvalue weighted by molar-refractivity contribution is 1.20. The van der Waals surface area contributed by atoms with Gasteiger partial charge in [-0.05, 0) is 107 Å². The number of fused-ring (bicyclic) bond motifs is 7. The highest BCUT2D eigenvalue weighted by molar-refractivity contribution is 7.26. The second kappa shape index (κ2) is 12.6. The summed E-state index contributed by atoms with van der Waals surface area (Å²) < 4.78 is 7.48.